The molecule has 0 radical (unpaired) electrons. The van der Waals surface area contributed by atoms with Crippen molar-refractivity contribution in [3.8, 4) is 11.5 Å². The fourth-order valence-electron chi connectivity index (χ4n) is 3.36. The van der Waals surface area contributed by atoms with E-state index in [0.717, 1.165) is 0 Å². The molecule has 0 aliphatic heterocycles. The number of alkyl halides is 2. The van der Waals surface area contributed by atoms with Gasteiger partial charge in [0.05, 0.1) is 28.7 Å². The van der Waals surface area contributed by atoms with Gasteiger partial charge in [-0.1, -0.05) is 6.07 Å². The van der Waals surface area contributed by atoms with Crippen molar-refractivity contribution in [2.75, 3.05) is 7.05 Å². The molecule has 0 atom stereocenters. The summed E-state index contributed by atoms with van der Waals surface area (Å²) in [5.74, 6) is -0.548. The zero-order valence-corrected chi connectivity index (χ0v) is 21.0. The van der Waals surface area contributed by atoms with Gasteiger partial charge < -0.3 is 21.1 Å². The maximum absolute atomic E-state index is 14.0. The van der Waals surface area contributed by atoms with Gasteiger partial charge in [-0.15, -0.1) is 0 Å². The Labute approximate surface area is 213 Å². The normalized spacial score (nSPS) is 12.2. The molecule has 0 unspecified atom stereocenters. The largest absolute Gasteiger partial charge is 0.456 e. The lowest BCUT2D eigenvalue weighted by Gasteiger charge is -2.15. The van der Waals surface area contributed by atoms with Gasteiger partial charge >= 0.3 is 0 Å². The van der Waals surface area contributed by atoms with Crippen molar-refractivity contribution in [3.05, 3.63) is 77.2 Å². The third-order valence-corrected chi connectivity index (χ3v) is 5.14. The van der Waals surface area contributed by atoms with Crippen LogP contribution >= 0.6 is 0 Å². The molecule has 0 fully saturated rings. The smallest absolute Gasteiger partial charge is 0.267 e. The molecular formula is C27H29F2N5O3. The number of carbonyl (C=O) groups is 2. The van der Waals surface area contributed by atoms with Crippen LogP contribution in [0.15, 0.2) is 65.6 Å². The molecular weight excluding hydrogens is 480 g/mol. The van der Waals surface area contributed by atoms with Crippen LogP contribution < -0.4 is 21.1 Å². The summed E-state index contributed by atoms with van der Waals surface area (Å²) in [4.78, 5) is 33.1. The predicted octanol–water partition coefficient (Wildman–Crippen LogP) is 4.65. The van der Waals surface area contributed by atoms with Crippen LogP contribution in [0.4, 0.5) is 8.78 Å². The van der Waals surface area contributed by atoms with Gasteiger partial charge in [-0.05, 0) is 62.7 Å². The molecule has 0 bridgehead atoms. The average Bonchev–Trinajstić information content (AvgIpc) is 2.86. The van der Waals surface area contributed by atoms with Crippen molar-refractivity contribution < 1.29 is 23.1 Å². The molecule has 1 aromatic heterocycles. The van der Waals surface area contributed by atoms with E-state index in [1.165, 1.54) is 49.9 Å². The summed E-state index contributed by atoms with van der Waals surface area (Å²) in [5.41, 5.74) is 6.42. The highest BCUT2D eigenvalue weighted by Crippen LogP contribution is 2.36. The quantitative estimate of drug-likeness (QED) is 0.382. The van der Waals surface area contributed by atoms with Crippen LogP contribution in [0.3, 0.4) is 0 Å². The standard InChI is InChI=1S/C27H29F2N5O3/c1-27(2,3)33-15-18(14-30)34-24(35)12-16-5-8-22(20(11-16)25(28)29)37-23-9-10-32-21-7-6-17(13-19(21)23)26(36)31-4/h5-11,13-15,25H,12,30H2,1-4H3,(H,31,36)(H,34,35)/b18-14+,33-15?. The number of hydrogen-bond acceptors (Lipinski definition) is 6. The fraction of sp³-hybridized carbons (Fsp3) is 0.259. The summed E-state index contributed by atoms with van der Waals surface area (Å²) in [6.07, 6.45) is 1.14. The number of aliphatic imine (C=N–C) groups is 1. The van der Waals surface area contributed by atoms with Crippen LogP contribution in [-0.4, -0.2) is 35.6 Å². The maximum atomic E-state index is 14.0. The number of aromatic nitrogens is 1. The first kappa shape index (κ1) is 27.3. The van der Waals surface area contributed by atoms with E-state index in [1.807, 2.05) is 20.8 Å². The first-order chi connectivity index (χ1) is 17.5. The number of amides is 2. The minimum absolute atomic E-state index is 0.0724. The monoisotopic (exact) mass is 509 g/mol. The molecule has 0 saturated carbocycles. The summed E-state index contributed by atoms with van der Waals surface area (Å²) in [7, 11) is 1.51. The average molecular weight is 510 g/mol. The van der Waals surface area contributed by atoms with Crippen molar-refractivity contribution in [1.82, 2.24) is 15.6 Å². The number of pyridine rings is 1. The molecule has 37 heavy (non-hydrogen) atoms. The molecule has 4 N–H and O–H groups in total. The molecule has 194 valence electrons. The van der Waals surface area contributed by atoms with Crippen LogP contribution in [0.25, 0.3) is 10.9 Å². The second-order valence-electron chi connectivity index (χ2n) is 9.17. The summed E-state index contributed by atoms with van der Waals surface area (Å²) in [6, 6.07) is 10.5. The molecule has 1 heterocycles. The van der Waals surface area contributed by atoms with Crippen LogP contribution in [0, 0.1) is 0 Å². The number of ether oxygens (including phenoxy) is 1. The number of nitrogens with one attached hydrogen (secondary N) is 2. The predicted molar refractivity (Wildman–Crippen MR) is 139 cm³/mol. The number of fused-ring (bicyclic) bond motifs is 1. The van der Waals surface area contributed by atoms with Crippen molar-refractivity contribution in [3.63, 3.8) is 0 Å². The Bertz CT molecular complexity index is 1360. The van der Waals surface area contributed by atoms with Crippen LogP contribution in [0.1, 0.15) is 48.7 Å². The topological polar surface area (TPSA) is 119 Å². The number of allylic oxidation sites excluding steroid dienone is 1. The van der Waals surface area contributed by atoms with E-state index in [-0.39, 0.29) is 34.9 Å². The van der Waals surface area contributed by atoms with Gasteiger partial charge in [-0.25, -0.2) is 8.78 Å². The number of benzene rings is 2. The van der Waals surface area contributed by atoms with Crippen LogP contribution in [0.5, 0.6) is 11.5 Å². The molecule has 3 rings (SSSR count). The highest BCUT2D eigenvalue weighted by atomic mass is 19.3. The van der Waals surface area contributed by atoms with E-state index in [1.54, 1.807) is 18.2 Å². The van der Waals surface area contributed by atoms with E-state index in [9.17, 15) is 18.4 Å². The Morgan fingerprint density at radius 1 is 1.14 bits per heavy atom. The Balaban J connectivity index is 1.84. The molecule has 0 aliphatic rings. The van der Waals surface area contributed by atoms with Crippen LogP contribution in [-0.2, 0) is 11.2 Å². The first-order valence-electron chi connectivity index (χ1n) is 11.5. The van der Waals surface area contributed by atoms with Crippen molar-refractivity contribution in [2.24, 2.45) is 10.7 Å². The van der Waals surface area contributed by atoms with Gasteiger partial charge in [-0.3, -0.25) is 19.6 Å². The van der Waals surface area contributed by atoms with Gasteiger partial charge in [0.2, 0.25) is 5.91 Å². The van der Waals surface area contributed by atoms with E-state index in [4.69, 9.17) is 10.5 Å². The van der Waals surface area contributed by atoms with E-state index in [2.05, 4.69) is 20.6 Å². The molecule has 2 amide bonds. The SMILES string of the molecule is CNC(=O)c1ccc2nccc(Oc3ccc(CC(=O)N/C(C=NC(C)(C)C)=C/N)cc3C(F)F)c2c1. The molecule has 0 aliphatic carbocycles. The third kappa shape index (κ3) is 7.33. The zero-order chi connectivity index (χ0) is 27.2. The maximum Gasteiger partial charge on any atom is 0.267 e. The van der Waals surface area contributed by atoms with E-state index in [0.29, 0.717) is 27.7 Å². The van der Waals surface area contributed by atoms with E-state index >= 15 is 0 Å². The highest BCUT2D eigenvalue weighted by Gasteiger charge is 2.18. The third-order valence-electron chi connectivity index (χ3n) is 5.14. The van der Waals surface area contributed by atoms with Crippen molar-refractivity contribution >= 4 is 28.9 Å². The highest BCUT2D eigenvalue weighted by molar-refractivity contribution is 5.99. The van der Waals surface area contributed by atoms with Crippen molar-refractivity contribution in [2.45, 2.75) is 39.2 Å². The lowest BCUT2D eigenvalue weighted by molar-refractivity contribution is -0.119. The van der Waals surface area contributed by atoms with Gasteiger partial charge in [0.25, 0.3) is 12.3 Å². The Morgan fingerprint density at radius 2 is 1.89 bits per heavy atom. The summed E-state index contributed by atoms with van der Waals surface area (Å²) < 4.78 is 33.8. The Morgan fingerprint density at radius 3 is 2.54 bits per heavy atom. The van der Waals surface area contributed by atoms with Gasteiger partial charge in [0, 0.05) is 36.6 Å². The summed E-state index contributed by atoms with van der Waals surface area (Å²) in [6.45, 7) is 5.68. The summed E-state index contributed by atoms with van der Waals surface area (Å²) in [5, 5.41) is 5.65. The Kier molecular flexibility index (Phi) is 8.54. The number of nitrogens with two attached hydrogens (primary N) is 1. The lowest BCUT2D eigenvalue weighted by Crippen LogP contribution is -2.26. The second-order valence-corrected chi connectivity index (χ2v) is 9.17. The number of nitrogens with zero attached hydrogens (tertiary/aromatic N) is 2. The number of hydrogen-bond donors (Lipinski definition) is 3. The number of carbonyl (C=O) groups excluding carboxylic acids is 2. The fourth-order valence-corrected chi connectivity index (χ4v) is 3.36. The van der Waals surface area contributed by atoms with Gasteiger partial charge in [0.1, 0.15) is 11.5 Å². The second kappa shape index (κ2) is 11.6. The molecule has 8 nitrogen and oxygen atoms in total. The summed E-state index contributed by atoms with van der Waals surface area (Å²) >= 11 is 0. The van der Waals surface area contributed by atoms with Gasteiger partial charge in [0.15, 0.2) is 0 Å². The van der Waals surface area contributed by atoms with Crippen LogP contribution in [0.2, 0.25) is 0 Å². The van der Waals surface area contributed by atoms with E-state index < -0.39 is 12.3 Å². The lowest BCUT2D eigenvalue weighted by atomic mass is 10.1. The Hall–Kier alpha value is -4.34. The molecule has 0 spiro atoms. The molecule has 0 saturated heterocycles. The molecule has 3 aromatic rings. The first-order valence-corrected chi connectivity index (χ1v) is 11.5. The molecule has 2 aromatic carbocycles. The minimum Gasteiger partial charge on any atom is -0.456 e. The number of rotatable bonds is 8. The number of halogens is 2. The van der Waals surface area contributed by atoms with Gasteiger partial charge in [-0.2, -0.15) is 0 Å². The molecule has 10 heteroatoms. The van der Waals surface area contributed by atoms with Crippen molar-refractivity contribution in [1.29, 1.82) is 0 Å². The zero-order valence-electron chi connectivity index (χ0n) is 21.0. The minimum atomic E-state index is -2.86.